The van der Waals surface area contributed by atoms with Crippen molar-refractivity contribution in [3.63, 3.8) is 0 Å². The van der Waals surface area contributed by atoms with Crippen LogP contribution in [0.2, 0.25) is 0 Å². The van der Waals surface area contributed by atoms with E-state index in [-0.39, 0.29) is 0 Å². The van der Waals surface area contributed by atoms with Crippen LogP contribution < -0.4 is 0 Å². The molecule has 0 fully saturated rings. The van der Waals surface area contributed by atoms with Gasteiger partial charge in [0.1, 0.15) is 6.10 Å². The molecule has 2 N–H and O–H groups in total. The van der Waals surface area contributed by atoms with E-state index in [1.54, 1.807) is 12.4 Å². The average molecular weight is 224 g/mol. The fourth-order valence-corrected chi connectivity index (χ4v) is 2.02. The first-order chi connectivity index (χ1) is 8.36. The fraction of sp³-hybridized carbons (Fsp3) is 0.0714. The summed E-state index contributed by atoms with van der Waals surface area (Å²) in [5.74, 6) is 0. The predicted molar refractivity (Wildman–Crippen MR) is 66.6 cm³/mol. The van der Waals surface area contributed by atoms with Crippen LogP contribution in [0.15, 0.2) is 54.9 Å². The molecule has 3 heteroatoms. The second kappa shape index (κ2) is 4.03. The van der Waals surface area contributed by atoms with Crippen LogP contribution in [0.5, 0.6) is 0 Å². The standard InChI is InChI=1S/C14H12N2O/c17-14(12-6-3-8-15-12)13-11-5-2-1-4-10(11)7-9-16-13/h1-9,14-15,17H. The number of aliphatic hydroxyl groups is 1. The molecule has 0 radical (unpaired) electrons. The number of nitrogens with zero attached hydrogens (tertiary/aromatic N) is 1. The lowest BCUT2D eigenvalue weighted by Crippen LogP contribution is -2.03. The third-order valence-electron chi connectivity index (χ3n) is 2.88. The topological polar surface area (TPSA) is 48.9 Å². The molecule has 0 saturated heterocycles. The van der Waals surface area contributed by atoms with Crippen LogP contribution in [0.25, 0.3) is 10.8 Å². The van der Waals surface area contributed by atoms with Crippen LogP contribution in [0.3, 0.4) is 0 Å². The zero-order valence-electron chi connectivity index (χ0n) is 9.17. The second-order valence-corrected chi connectivity index (χ2v) is 3.95. The summed E-state index contributed by atoms with van der Waals surface area (Å²) in [6.07, 6.45) is 2.81. The highest BCUT2D eigenvalue weighted by Crippen LogP contribution is 2.25. The Bertz CT molecular complexity index is 626. The second-order valence-electron chi connectivity index (χ2n) is 3.95. The first-order valence-corrected chi connectivity index (χ1v) is 5.51. The number of rotatable bonds is 2. The Morgan fingerprint density at radius 1 is 1.06 bits per heavy atom. The summed E-state index contributed by atoms with van der Waals surface area (Å²) in [7, 11) is 0. The van der Waals surface area contributed by atoms with Crippen molar-refractivity contribution >= 4 is 10.8 Å². The first-order valence-electron chi connectivity index (χ1n) is 5.51. The monoisotopic (exact) mass is 224 g/mol. The van der Waals surface area contributed by atoms with Gasteiger partial charge in [0.15, 0.2) is 0 Å². The minimum absolute atomic E-state index is 0.686. The largest absolute Gasteiger partial charge is 0.380 e. The van der Waals surface area contributed by atoms with Crippen LogP contribution in [0.1, 0.15) is 17.5 Å². The Kier molecular flexibility index (Phi) is 2.38. The minimum atomic E-state index is -0.712. The Balaban J connectivity index is 2.17. The number of aliphatic hydroxyl groups excluding tert-OH is 1. The van der Waals surface area contributed by atoms with Crippen LogP contribution in [0, 0.1) is 0 Å². The highest BCUT2D eigenvalue weighted by atomic mass is 16.3. The molecule has 2 aromatic heterocycles. The van der Waals surface area contributed by atoms with E-state index in [1.165, 1.54) is 0 Å². The number of hydrogen-bond acceptors (Lipinski definition) is 2. The van der Waals surface area contributed by atoms with Gasteiger partial charge in [0, 0.05) is 17.8 Å². The number of pyridine rings is 1. The number of nitrogens with one attached hydrogen (secondary N) is 1. The van der Waals surface area contributed by atoms with E-state index in [9.17, 15) is 5.11 Å². The van der Waals surface area contributed by atoms with E-state index in [0.29, 0.717) is 5.69 Å². The van der Waals surface area contributed by atoms with Crippen molar-refractivity contribution in [2.45, 2.75) is 6.10 Å². The maximum Gasteiger partial charge on any atom is 0.136 e. The van der Waals surface area contributed by atoms with Gasteiger partial charge in [-0.1, -0.05) is 24.3 Å². The van der Waals surface area contributed by atoms with Crippen molar-refractivity contribution in [1.82, 2.24) is 9.97 Å². The Hall–Kier alpha value is -2.13. The van der Waals surface area contributed by atoms with Crippen molar-refractivity contribution < 1.29 is 5.11 Å². The summed E-state index contributed by atoms with van der Waals surface area (Å²) in [6, 6.07) is 13.6. The van der Waals surface area contributed by atoms with Gasteiger partial charge in [-0.05, 0) is 23.6 Å². The molecule has 3 nitrogen and oxygen atoms in total. The normalized spacial score (nSPS) is 12.8. The fourth-order valence-electron chi connectivity index (χ4n) is 2.02. The molecule has 2 heterocycles. The van der Waals surface area contributed by atoms with E-state index in [2.05, 4.69) is 9.97 Å². The van der Waals surface area contributed by atoms with E-state index in [0.717, 1.165) is 16.5 Å². The summed E-state index contributed by atoms with van der Waals surface area (Å²) < 4.78 is 0. The van der Waals surface area contributed by atoms with Crippen molar-refractivity contribution in [3.8, 4) is 0 Å². The summed E-state index contributed by atoms with van der Waals surface area (Å²) in [6.45, 7) is 0. The van der Waals surface area contributed by atoms with Gasteiger partial charge in [-0.25, -0.2) is 0 Å². The quantitative estimate of drug-likeness (QED) is 0.703. The van der Waals surface area contributed by atoms with E-state index >= 15 is 0 Å². The van der Waals surface area contributed by atoms with E-state index in [1.807, 2.05) is 42.5 Å². The smallest absolute Gasteiger partial charge is 0.136 e. The Labute approximate surface area is 98.8 Å². The SMILES string of the molecule is OC(c1ccc[nH]1)c1nccc2ccccc12. The van der Waals surface area contributed by atoms with Crippen molar-refractivity contribution in [3.05, 3.63) is 66.2 Å². The molecule has 0 aliphatic carbocycles. The van der Waals surface area contributed by atoms with Gasteiger partial charge >= 0.3 is 0 Å². The number of fused-ring (bicyclic) bond motifs is 1. The zero-order valence-corrected chi connectivity index (χ0v) is 9.17. The highest BCUT2D eigenvalue weighted by molar-refractivity contribution is 5.84. The van der Waals surface area contributed by atoms with Crippen LogP contribution in [-0.2, 0) is 0 Å². The molecule has 0 bridgehead atoms. The predicted octanol–water partition coefficient (Wildman–Crippen LogP) is 2.64. The zero-order chi connectivity index (χ0) is 11.7. The summed E-state index contributed by atoms with van der Waals surface area (Å²) in [4.78, 5) is 7.30. The lowest BCUT2D eigenvalue weighted by Gasteiger charge is -2.11. The third kappa shape index (κ3) is 1.70. The van der Waals surface area contributed by atoms with Gasteiger partial charge in [0.05, 0.1) is 11.4 Å². The van der Waals surface area contributed by atoms with Gasteiger partial charge in [0.25, 0.3) is 0 Å². The molecule has 1 aromatic carbocycles. The number of aromatic amines is 1. The lowest BCUT2D eigenvalue weighted by molar-refractivity contribution is 0.213. The highest BCUT2D eigenvalue weighted by Gasteiger charge is 2.15. The van der Waals surface area contributed by atoms with Crippen LogP contribution in [-0.4, -0.2) is 15.1 Å². The Morgan fingerprint density at radius 3 is 2.76 bits per heavy atom. The molecule has 1 atom stereocenters. The molecule has 3 rings (SSSR count). The van der Waals surface area contributed by atoms with Crippen molar-refractivity contribution in [2.24, 2.45) is 0 Å². The Morgan fingerprint density at radius 2 is 1.94 bits per heavy atom. The average Bonchev–Trinajstić information content (AvgIpc) is 2.91. The molecule has 17 heavy (non-hydrogen) atoms. The number of aromatic nitrogens is 2. The summed E-state index contributed by atoms with van der Waals surface area (Å²) in [5, 5.41) is 12.4. The number of benzene rings is 1. The maximum atomic E-state index is 10.3. The van der Waals surface area contributed by atoms with Gasteiger partial charge in [-0.3, -0.25) is 4.98 Å². The van der Waals surface area contributed by atoms with Crippen LogP contribution in [0.4, 0.5) is 0 Å². The molecule has 1 unspecified atom stereocenters. The number of hydrogen-bond donors (Lipinski definition) is 2. The summed E-state index contributed by atoms with van der Waals surface area (Å²) in [5.41, 5.74) is 1.44. The van der Waals surface area contributed by atoms with Gasteiger partial charge in [-0.15, -0.1) is 0 Å². The van der Waals surface area contributed by atoms with Crippen LogP contribution >= 0.6 is 0 Å². The maximum absolute atomic E-state index is 10.3. The summed E-state index contributed by atoms with van der Waals surface area (Å²) >= 11 is 0. The molecule has 0 amide bonds. The van der Waals surface area contributed by atoms with Gasteiger partial charge in [0.2, 0.25) is 0 Å². The molecule has 0 aliphatic heterocycles. The number of H-pyrrole nitrogens is 1. The molecule has 84 valence electrons. The molecule has 3 aromatic rings. The van der Waals surface area contributed by atoms with Gasteiger partial charge < -0.3 is 10.1 Å². The first kappa shape index (κ1) is 10.1. The van der Waals surface area contributed by atoms with E-state index in [4.69, 9.17) is 0 Å². The van der Waals surface area contributed by atoms with Gasteiger partial charge in [-0.2, -0.15) is 0 Å². The molecule has 0 saturated carbocycles. The third-order valence-corrected chi connectivity index (χ3v) is 2.88. The van der Waals surface area contributed by atoms with E-state index < -0.39 is 6.10 Å². The minimum Gasteiger partial charge on any atom is -0.380 e. The molecular formula is C14H12N2O. The van der Waals surface area contributed by atoms with Crippen molar-refractivity contribution in [1.29, 1.82) is 0 Å². The molecule has 0 spiro atoms. The molecule has 0 aliphatic rings. The van der Waals surface area contributed by atoms with Crippen molar-refractivity contribution in [2.75, 3.05) is 0 Å². The lowest BCUT2D eigenvalue weighted by atomic mass is 10.0. The molecular weight excluding hydrogens is 212 g/mol.